The van der Waals surface area contributed by atoms with Crippen molar-refractivity contribution in [2.75, 3.05) is 0 Å². The average molecular weight is 453 g/mol. The van der Waals surface area contributed by atoms with Gasteiger partial charge in [0.15, 0.2) is 0 Å². The summed E-state index contributed by atoms with van der Waals surface area (Å²) in [6, 6.07) is 14.8. The molecule has 2 rings (SSSR count). The molecule has 0 atom stereocenters. The summed E-state index contributed by atoms with van der Waals surface area (Å²) >= 11 is 0. The standard InChI is InChI=1S/C29H40O4/c1-8-9-10-11-12-25(32-26(30)21-13-17-23(18-14-21)28(2,3)4)33-27(31)22-15-19-24(20-16-22)29(5,6)7/h13-20,25H,8-12H2,1-7H3. The maximum Gasteiger partial charge on any atom is 0.341 e. The summed E-state index contributed by atoms with van der Waals surface area (Å²) in [5, 5.41) is 0. The van der Waals surface area contributed by atoms with Crippen molar-refractivity contribution >= 4 is 11.9 Å². The smallest absolute Gasteiger partial charge is 0.341 e. The summed E-state index contributed by atoms with van der Waals surface area (Å²) in [6.45, 7) is 14.9. The van der Waals surface area contributed by atoms with Crippen molar-refractivity contribution in [2.24, 2.45) is 0 Å². The summed E-state index contributed by atoms with van der Waals surface area (Å²) < 4.78 is 11.3. The van der Waals surface area contributed by atoms with Gasteiger partial charge in [0.1, 0.15) is 0 Å². The number of hydrogen-bond acceptors (Lipinski definition) is 4. The summed E-state index contributed by atoms with van der Waals surface area (Å²) in [4.78, 5) is 25.5. The first-order valence-corrected chi connectivity index (χ1v) is 12.0. The Bertz CT molecular complexity index is 825. The minimum absolute atomic E-state index is 0.00230. The van der Waals surface area contributed by atoms with Crippen LogP contribution in [0.15, 0.2) is 48.5 Å². The quantitative estimate of drug-likeness (QED) is 0.223. The lowest BCUT2D eigenvalue weighted by atomic mass is 9.87. The van der Waals surface area contributed by atoms with Crippen LogP contribution in [0.3, 0.4) is 0 Å². The highest BCUT2D eigenvalue weighted by molar-refractivity contribution is 5.91. The van der Waals surface area contributed by atoms with Crippen LogP contribution in [-0.2, 0) is 20.3 Å². The third-order valence-electron chi connectivity index (χ3n) is 5.74. The number of benzene rings is 2. The Kier molecular flexibility index (Phi) is 9.27. The highest BCUT2D eigenvalue weighted by atomic mass is 16.7. The summed E-state index contributed by atoms with van der Waals surface area (Å²) in [5.74, 6) is -0.960. The molecule has 0 saturated carbocycles. The van der Waals surface area contributed by atoms with E-state index in [1.807, 2.05) is 24.3 Å². The lowest BCUT2D eigenvalue weighted by Gasteiger charge is -2.21. The van der Waals surface area contributed by atoms with Crippen LogP contribution < -0.4 is 0 Å². The molecule has 0 unspecified atom stereocenters. The molecule has 0 aliphatic heterocycles. The fourth-order valence-corrected chi connectivity index (χ4v) is 3.47. The zero-order valence-corrected chi connectivity index (χ0v) is 21.4. The van der Waals surface area contributed by atoms with Gasteiger partial charge in [-0.3, -0.25) is 0 Å². The Morgan fingerprint density at radius 2 is 1.06 bits per heavy atom. The minimum atomic E-state index is -0.911. The number of carbonyl (C=O) groups excluding carboxylic acids is 2. The van der Waals surface area contributed by atoms with E-state index in [0.717, 1.165) is 36.8 Å². The van der Waals surface area contributed by atoms with E-state index in [4.69, 9.17) is 9.47 Å². The highest BCUT2D eigenvalue weighted by Crippen LogP contribution is 2.24. The Morgan fingerprint density at radius 1 is 0.667 bits per heavy atom. The molecule has 33 heavy (non-hydrogen) atoms. The SMILES string of the molecule is CCCCCCC(OC(=O)c1ccc(C(C)(C)C)cc1)OC(=O)c1ccc(C(C)(C)C)cc1. The zero-order valence-electron chi connectivity index (χ0n) is 21.4. The number of esters is 2. The third kappa shape index (κ3) is 8.34. The normalized spacial score (nSPS) is 12.0. The lowest BCUT2D eigenvalue weighted by molar-refractivity contribution is -0.0838. The molecule has 2 aromatic carbocycles. The molecular weight excluding hydrogens is 412 g/mol. The Labute approximate surface area is 199 Å². The van der Waals surface area contributed by atoms with E-state index in [9.17, 15) is 9.59 Å². The van der Waals surface area contributed by atoms with Gasteiger partial charge in [-0.2, -0.15) is 0 Å². The number of carbonyl (C=O) groups is 2. The van der Waals surface area contributed by atoms with Gasteiger partial charge in [-0.1, -0.05) is 92.0 Å². The van der Waals surface area contributed by atoms with Gasteiger partial charge in [0, 0.05) is 6.42 Å². The maximum absolute atomic E-state index is 12.8. The predicted octanol–water partition coefficient (Wildman–Crippen LogP) is 7.59. The molecule has 4 nitrogen and oxygen atoms in total. The fraction of sp³-hybridized carbons (Fsp3) is 0.517. The maximum atomic E-state index is 12.8. The van der Waals surface area contributed by atoms with Gasteiger partial charge in [-0.15, -0.1) is 0 Å². The second-order valence-electron chi connectivity index (χ2n) is 10.7. The molecule has 0 heterocycles. The van der Waals surface area contributed by atoms with E-state index < -0.39 is 18.2 Å². The van der Waals surface area contributed by atoms with Crippen LogP contribution in [0.5, 0.6) is 0 Å². The average Bonchev–Trinajstić information content (AvgIpc) is 2.75. The van der Waals surface area contributed by atoms with Crippen LogP contribution in [0.1, 0.15) is 112 Å². The molecule has 4 heteroatoms. The monoisotopic (exact) mass is 452 g/mol. The van der Waals surface area contributed by atoms with E-state index in [-0.39, 0.29) is 10.8 Å². The van der Waals surface area contributed by atoms with Crippen LogP contribution in [0.2, 0.25) is 0 Å². The third-order valence-corrected chi connectivity index (χ3v) is 5.74. The number of rotatable bonds is 9. The number of unbranched alkanes of at least 4 members (excludes halogenated alkanes) is 3. The Balaban J connectivity index is 2.09. The molecular formula is C29H40O4. The second kappa shape index (κ2) is 11.5. The van der Waals surface area contributed by atoms with Gasteiger partial charge in [-0.05, 0) is 52.6 Å². The van der Waals surface area contributed by atoms with Crippen LogP contribution in [0.25, 0.3) is 0 Å². The zero-order chi connectivity index (χ0) is 24.6. The van der Waals surface area contributed by atoms with Crippen molar-refractivity contribution in [3.63, 3.8) is 0 Å². The molecule has 180 valence electrons. The fourth-order valence-electron chi connectivity index (χ4n) is 3.47. The molecule has 0 fully saturated rings. The molecule has 0 aliphatic rings. The van der Waals surface area contributed by atoms with Crippen molar-refractivity contribution in [1.29, 1.82) is 0 Å². The molecule has 2 aromatic rings. The number of ether oxygens (including phenoxy) is 2. The van der Waals surface area contributed by atoms with Crippen molar-refractivity contribution in [1.82, 2.24) is 0 Å². The molecule has 0 amide bonds. The molecule has 0 radical (unpaired) electrons. The Morgan fingerprint density at radius 3 is 1.39 bits per heavy atom. The van der Waals surface area contributed by atoms with E-state index in [0.29, 0.717) is 17.5 Å². The molecule has 0 aromatic heterocycles. The van der Waals surface area contributed by atoms with Gasteiger partial charge in [0.25, 0.3) is 0 Å². The van der Waals surface area contributed by atoms with E-state index in [1.54, 1.807) is 24.3 Å². The lowest BCUT2D eigenvalue weighted by Crippen LogP contribution is -2.25. The molecule has 0 N–H and O–H groups in total. The van der Waals surface area contributed by atoms with E-state index in [2.05, 4.69) is 48.5 Å². The summed E-state index contributed by atoms with van der Waals surface area (Å²) in [5.41, 5.74) is 3.19. The van der Waals surface area contributed by atoms with Crippen molar-refractivity contribution in [2.45, 2.75) is 97.7 Å². The molecule has 0 saturated heterocycles. The van der Waals surface area contributed by atoms with E-state index >= 15 is 0 Å². The van der Waals surface area contributed by atoms with E-state index in [1.165, 1.54) is 0 Å². The first-order valence-electron chi connectivity index (χ1n) is 12.0. The topological polar surface area (TPSA) is 52.6 Å². The predicted molar refractivity (Wildman–Crippen MR) is 134 cm³/mol. The van der Waals surface area contributed by atoms with Gasteiger partial charge in [-0.25, -0.2) is 9.59 Å². The van der Waals surface area contributed by atoms with Crippen molar-refractivity contribution in [3.8, 4) is 0 Å². The van der Waals surface area contributed by atoms with Gasteiger partial charge >= 0.3 is 11.9 Å². The first kappa shape index (κ1) is 26.6. The highest BCUT2D eigenvalue weighted by Gasteiger charge is 2.22. The van der Waals surface area contributed by atoms with Crippen LogP contribution in [0, 0.1) is 0 Å². The second-order valence-corrected chi connectivity index (χ2v) is 10.7. The molecule has 0 spiro atoms. The van der Waals surface area contributed by atoms with Gasteiger partial charge in [0.05, 0.1) is 11.1 Å². The van der Waals surface area contributed by atoms with Crippen LogP contribution in [-0.4, -0.2) is 18.2 Å². The van der Waals surface area contributed by atoms with Crippen LogP contribution in [0.4, 0.5) is 0 Å². The molecule has 0 aliphatic carbocycles. The number of hydrogen-bond donors (Lipinski definition) is 0. The summed E-state index contributed by atoms with van der Waals surface area (Å²) in [6.07, 6.45) is 3.60. The largest absolute Gasteiger partial charge is 0.422 e. The molecule has 0 bridgehead atoms. The van der Waals surface area contributed by atoms with Crippen LogP contribution >= 0.6 is 0 Å². The van der Waals surface area contributed by atoms with Crippen molar-refractivity contribution < 1.29 is 19.1 Å². The van der Waals surface area contributed by atoms with Crippen molar-refractivity contribution in [3.05, 3.63) is 70.8 Å². The van der Waals surface area contributed by atoms with Gasteiger partial charge in [0.2, 0.25) is 6.29 Å². The minimum Gasteiger partial charge on any atom is -0.422 e. The Hall–Kier alpha value is -2.62. The van der Waals surface area contributed by atoms with Gasteiger partial charge < -0.3 is 9.47 Å². The first-order chi connectivity index (χ1) is 15.4. The summed E-state index contributed by atoms with van der Waals surface area (Å²) in [7, 11) is 0.